The van der Waals surface area contributed by atoms with E-state index in [1.807, 2.05) is 27.0 Å². The largest absolute Gasteiger partial charge is 0.444 e. The molecule has 1 heterocycles. The normalized spacial score (nSPS) is 17.9. The average molecular weight is 218 g/mol. The Kier molecular flexibility index (Phi) is 3.66. The van der Waals surface area contributed by atoms with E-state index in [4.69, 9.17) is 4.74 Å². The number of amides is 1. The third-order valence-electron chi connectivity index (χ3n) is 1.82. The standard InChI is InChI=1S/C9H18N2O2S/c1-9(2,3)13-8(12)11-5-7(6-11)10-14-4/h7,10H,5-6H2,1-4H3. The molecule has 4 nitrogen and oxygen atoms in total. The summed E-state index contributed by atoms with van der Waals surface area (Å²) in [6.45, 7) is 7.12. The molecule has 0 unspecified atom stereocenters. The zero-order valence-corrected chi connectivity index (χ0v) is 9.98. The SMILES string of the molecule is CSNC1CN(C(=O)OC(C)(C)C)C1. The zero-order valence-electron chi connectivity index (χ0n) is 9.16. The van der Waals surface area contributed by atoms with Crippen LogP contribution in [0.25, 0.3) is 0 Å². The van der Waals surface area contributed by atoms with E-state index in [-0.39, 0.29) is 6.09 Å². The first kappa shape index (κ1) is 11.7. The molecule has 1 fully saturated rings. The summed E-state index contributed by atoms with van der Waals surface area (Å²) < 4.78 is 8.42. The maximum atomic E-state index is 11.5. The number of nitrogens with one attached hydrogen (secondary N) is 1. The van der Waals surface area contributed by atoms with E-state index >= 15 is 0 Å². The molecule has 1 amide bonds. The number of hydrogen-bond donors (Lipinski definition) is 1. The quantitative estimate of drug-likeness (QED) is 0.713. The number of likely N-dealkylation sites (tertiary alicyclic amines) is 1. The number of nitrogens with zero attached hydrogens (tertiary/aromatic N) is 1. The van der Waals surface area contributed by atoms with E-state index in [9.17, 15) is 4.79 Å². The molecule has 0 atom stereocenters. The summed E-state index contributed by atoms with van der Waals surface area (Å²) in [7, 11) is 0. The Hall–Kier alpha value is -0.420. The molecule has 0 bridgehead atoms. The molecule has 0 aromatic carbocycles. The molecule has 0 spiro atoms. The molecule has 14 heavy (non-hydrogen) atoms. The van der Waals surface area contributed by atoms with Gasteiger partial charge >= 0.3 is 6.09 Å². The second-order valence-corrected chi connectivity index (χ2v) is 5.05. The predicted octanol–water partition coefficient (Wildman–Crippen LogP) is 1.47. The Bertz CT molecular complexity index is 209. The summed E-state index contributed by atoms with van der Waals surface area (Å²) in [5.74, 6) is 0. The summed E-state index contributed by atoms with van der Waals surface area (Å²) in [6.07, 6.45) is 1.77. The van der Waals surface area contributed by atoms with Gasteiger partial charge in [-0.15, -0.1) is 0 Å². The minimum Gasteiger partial charge on any atom is -0.444 e. The van der Waals surface area contributed by atoms with Crippen molar-refractivity contribution in [2.75, 3.05) is 19.3 Å². The van der Waals surface area contributed by atoms with Crippen molar-refractivity contribution in [3.63, 3.8) is 0 Å². The van der Waals surface area contributed by atoms with E-state index < -0.39 is 5.60 Å². The molecule has 0 saturated carbocycles. The van der Waals surface area contributed by atoms with Crippen molar-refractivity contribution in [3.05, 3.63) is 0 Å². The molecule has 82 valence electrons. The van der Waals surface area contributed by atoms with Gasteiger partial charge in [-0.25, -0.2) is 4.79 Å². The van der Waals surface area contributed by atoms with Gasteiger partial charge in [0.2, 0.25) is 0 Å². The van der Waals surface area contributed by atoms with Crippen molar-refractivity contribution in [1.82, 2.24) is 9.62 Å². The molecule has 5 heteroatoms. The molecule has 0 aromatic heterocycles. The van der Waals surface area contributed by atoms with Crippen LogP contribution >= 0.6 is 11.9 Å². The Morgan fingerprint density at radius 1 is 1.50 bits per heavy atom. The maximum absolute atomic E-state index is 11.5. The first-order chi connectivity index (χ1) is 6.42. The Balaban J connectivity index is 2.23. The van der Waals surface area contributed by atoms with E-state index in [1.54, 1.807) is 16.8 Å². The number of rotatable bonds is 2. The van der Waals surface area contributed by atoms with E-state index in [0.29, 0.717) is 6.04 Å². The fourth-order valence-electron chi connectivity index (χ4n) is 1.20. The third-order valence-corrected chi connectivity index (χ3v) is 2.39. The van der Waals surface area contributed by atoms with Gasteiger partial charge in [-0.05, 0) is 27.0 Å². The Morgan fingerprint density at radius 3 is 2.50 bits per heavy atom. The minimum atomic E-state index is -0.394. The van der Waals surface area contributed by atoms with Gasteiger partial charge in [-0.1, -0.05) is 11.9 Å². The van der Waals surface area contributed by atoms with Crippen molar-refractivity contribution in [1.29, 1.82) is 0 Å². The van der Waals surface area contributed by atoms with Crippen molar-refractivity contribution in [3.8, 4) is 0 Å². The average Bonchev–Trinajstić information content (AvgIpc) is 1.91. The summed E-state index contributed by atoms with van der Waals surface area (Å²) in [5, 5.41) is 0. The lowest BCUT2D eigenvalue weighted by molar-refractivity contribution is 0.00767. The van der Waals surface area contributed by atoms with Crippen LogP contribution in [-0.2, 0) is 4.74 Å². The van der Waals surface area contributed by atoms with Crippen LogP contribution in [0.15, 0.2) is 0 Å². The van der Waals surface area contributed by atoms with Crippen molar-refractivity contribution in [2.24, 2.45) is 0 Å². The fourth-order valence-corrected chi connectivity index (χ4v) is 1.68. The van der Waals surface area contributed by atoms with Crippen LogP contribution in [0.4, 0.5) is 4.79 Å². The van der Waals surface area contributed by atoms with Crippen LogP contribution in [0.3, 0.4) is 0 Å². The second kappa shape index (κ2) is 4.40. The smallest absolute Gasteiger partial charge is 0.410 e. The molecule has 1 aliphatic heterocycles. The lowest BCUT2D eigenvalue weighted by atomic mass is 10.1. The molecule has 0 aromatic rings. The highest BCUT2D eigenvalue weighted by Gasteiger charge is 2.33. The first-order valence-corrected chi connectivity index (χ1v) is 5.91. The topological polar surface area (TPSA) is 41.6 Å². The molecule has 0 aliphatic carbocycles. The summed E-state index contributed by atoms with van der Waals surface area (Å²) in [4.78, 5) is 13.2. The van der Waals surface area contributed by atoms with Crippen molar-refractivity contribution < 1.29 is 9.53 Å². The van der Waals surface area contributed by atoms with E-state index in [1.165, 1.54) is 0 Å². The van der Waals surface area contributed by atoms with Gasteiger partial charge < -0.3 is 9.64 Å². The summed E-state index contributed by atoms with van der Waals surface area (Å²) in [5.41, 5.74) is -0.394. The van der Waals surface area contributed by atoms with Gasteiger partial charge in [0.15, 0.2) is 0 Å². The van der Waals surface area contributed by atoms with Gasteiger partial charge in [0.1, 0.15) is 5.60 Å². The molecule has 1 N–H and O–H groups in total. The summed E-state index contributed by atoms with van der Waals surface area (Å²) >= 11 is 1.58. The van der Waals surface area contributed by atoms with Gasteiger partial charge in [-0.2, -0.15) is 0 Å². The maximum Gasteiger partial charge on any atom is 0.410 e. The van der Waals surface area contributed by atoms with Crippen LogP contribution in [-0.4, -0.2) is 42.0 Å². The highest BCUT2D eigenvalue weighted by atomic mass is 32.2. The van der Waals surface area contributed by atoms with Crippen LogP contribution in [0, 0.1) is 0 Å². The highest BCUT2D eigenvalue weighted by Crippen LogP contribution is 2.15. The van der Waals surface area contributed by atoms with Crippen LogP contribution < -0.4 is 4.72 Å². The summed E-state index contributed by atoms with van der Waals surface area (Å²) in [6, 6.07) is 0.414. The van der Waals surface area contributed by atoms with Crippen LogP contribution in [0.1, 0.15) is 20.8 Å². The molecule has 0 radical (unpaired) electrons. The number of hydrogen-bond acceptors (Lipinski definition) is 4. The van der Waals surface area contributed by atoms with E-state index in [2.05, 4.69) is 4.72 Å². The van der Waals surface area contributed by atoms with Gasteiger partial charge in [0, 0.05) is 13.1 Å². The second-order valence-electron chi connectivity index (χ2n) is 4.40. The van der Waals surface area contributed by atoms with Crippen molar-refractivity contribution >= 4 is 18.0 Å². The first-order valence-electron chi connectivity index (χ1n) is 4.69. The lowest BCUT2D eigenvalue weighted by Crippen LogP contribution is -2.59. The number of carbonyl (C=O) groups is 1. The molecule has 1 rings (SSSR count). The van der Waals surface area contributed by atoms with Crippen LogP contribution in [0.2, 0.25) is 0 Å². The Morgan fingerprint density at radius 2 is 2.07 bits per heavy atom. The number of carbonyl (C=O) groups excluding carboxylic acids is 1. The zero-order chi connectivity index (χ0) is 10.8. The van der Waals surface area contributed by atoms with Gasteiger partial charge in [0.25, 0.3) is 0 Å². The third kappa shape index (κ3) is 3.38. The number of ether oxygens (including phenoxy) is 1. The fraction of sp³-hybridized carbons (Fsp3) is 0.889. The Labute approximate surface area is 89.5 Å². The van der Waals surface area contributed by atoms with Crippen LogP contribution in [0.5, 0.6) is 0 Å². The van der Waals surface area contributed by atoms with E-state index in [0.717, 1.165) is 13.1 Å². The lowest BCUT2D eigenvalue weighted by Gasteiger charge is -2.39. The monoisotopic (exact) mass is 218 g/mol. The highest BCUT2D eigenvalue weighted by molar-refractivity contribution is 7.96. The molecule has 1 aliphatic rings. The van der Waals surface area contributed by atoms with Gasteiger partial charge in [-0.3, -0.25) is 4.72 Å². The predicted molar refractivity (Wildman–Crippen MR) is 58.2 cm³/mol. The minimum absolute atomic E-state index is 0.211. The van der Waals surface area contributed by atoms with Gasteiger partial charge in [0.05, 0.1) is 6.04 Å². The molecular weight excluding hydrogens is 200 g/mol. The van der Waals surface area contributed by atoms with Crippen molar-refractivity contribution in [2.45, 2.75) is 32.4 Å². The molecule has 1 saturated heterocycles. The molecular formula is C9H18N2O2S.